The molecule has 1 amide bonds. The molecule has 0 spiro atoms. The van der Waals surface area contributed by atoms with Crippen LogP contribution >= 0.6 is 22.6 Å². The topological polar surface area (TPSA) is 64.6 Å². The average molecular weight is 501 g/mol. The Morgan fingerprint density at radius 2 is 1.59 bits per heavy atom. The molecule has 0 aliphatic carbocycles. The third-order valence-electron chi connectivity index (χ3n) is 4.10. The van der Waals surface area contributed by atoms with Crippen molar-refractivity contribution in [1.29, 1.82) is 0 Å². The van der Waals surface area contributed by atoms with E-state index >= 15 is 0 Å². The zero-order valence-electron chi connectivity index (χ0n) is 15.8. The number of carbonyl (C=O) groups excluding carboxylic acids is 2. The average Bonchev–Trinajstić information content (AvgIpc) is 2.74. The molecule has 3 aromatic rings. The van der Waals surface area contributed by atoms with Crippen molar-refractivity contribution >= 4 is 40.2 Å². The molecule has 0 fully saturated rings. The van der Waals surface area contributed by atoms with Gasteiger partial charge < -0.3 is 14.8 Å². The van der Waals surface area contributed by atoms with Gasteiger partial charge in [0.1, 0.15) is 5.75 Å². The van der Waals surface area contributed by atoms with Crippen LogP contribution in [0.5, 0.6) is 5.75 Å². The third-order valence-corrected chi connectivity index (χ3v) is 5.04. The summed E-state index contributed by atoms with van der Waals surface area (Å²) in [5.41, 5.74) is 1.51. The lowest BCUT2D eigenvalue weighted by Gasteiger charge is -2.19. The van der Waals surface area contributed by atoms with Gasteiger partial charge in [-0.05, 0) is 53.8 Å². The first-order valence-corrected chi connectivity index (χ1v) is 10.2. The molecule has 1 N–H and O–H groups in total. The highest BCUT2D eigenvalue weighted by Crippen LogP contribution is 2.27. The number of carbonyl (C=O) groups is 2. The zero-order chi connectivity index (χ0) is 20.6. The van der Waals surface area contributed by atoms with Gasteiger partial charge in [-0.15, -0.1) is 0 Å². The number of ether oxygens (including phenoxy) is 2. The van der Waals surface area contributed by atoms with Crippen LogP contribution in [0.3, 0.4) is 0 Å². The molecule has 29 heavy (non-hydrogen) atoms. The molecular weight excluding hydrogens is 481 g/mol. The van der Waals surface area contributed by atoms with Crippen molar-refractivity contribution in [2.75, 3.05) is 11.9 Å². The molecule has 0 saturated heterocycles. The second-order valence-electron chi connectivity index (χ2n) is 6.09. The van der Waals surface area contributed by atoms with E-state index in [2.05, 4.69) is 27.9 Å². The van der Waals surface area contributed by atoms with E-state index in [4.69, 9.17) is 9.47 Å². The van der Waals surface area contributed by atoms with Crippen LogP contribution < -0.4 is 10.1 Å². The fourth-order valence-electron chi connectivity index (χ4n) is 2.75. The van der Waals surface area contributed by atoms with E-state index < -0.39 is 18.0 Å². The van der Waals surface area contributed by atoms with E-state index in [-0.39, 0.29) is 0 Å². The summed E-state index contributed by atoms with van der Waals surface area (Å²) in [6, 6.07) is 23.2. The number of amides is 1. The number of benzene rings is 3. The Labute approximate surface area is 183 Å². The van der Waals surface area contributed by atoms with Crippen LogP contribution in [0.25, 0.3) is 0 Å². The Kier molecular flexibility index (Phi) is 7.24. The van der Waals surface area contributed by atoms with Crippen molar-refractivity contribution in [2.45, 2.75) is 13.0 Å². The van der Waals surface area contributed by atoms with E-state index in [0.29, 0.717) is 29.2 Å². The van der Waals surface area contributed by atoms with Crippen LogP contribution in [0.2, 0.25) is 0 Å². The number of hydrogen-bond donors (Lipinski definition) is 1. The van der Waals surface area contributed by atoms with Crippen molar-refractivity contribution in [3.63, 3.8) is 0 Å². The van der Waals surface area contributed by atoms with E-state index in [1.165, 1.54) is 0 Å². The maximum Gasteiger partial charge on any atom is 0.340 e. The van der Waals surface area contributed by atoms with E-state index in [0.717, 1.165) is 3.57 Å². The second kappa shape index (κ2) is 10.1. The molecule has 3 aromatic carbocycles. The first-order chi connectivity index (χ1) is 14.1. The number of nitrogens with one attached hydrogen (secondary N) is 1. The second-order valence-corrected chi connectivity index (χ2v) is 7.26. The molecule has 5 nitrogen and oxygen atoms in total. The van der Waals surface area contributed by atoms with Gasteiger partial charge in [0.15, 0.2) is 0 Å². The molecular formula is C23H20INO4. The quantitative estimate of drug-likeness (QED) is 0.356. The fourth-order valence-corrected chi connectivity index (χ4v) is 3.36. The Morgan fingerprint density at radius 1 is 0.931 bits per heavy atom. The summed E-state index contributed by atoms with van der Waals surface area (Å²) in [6.45, 7) is 2.34. The van der Waals surface area contributed by atoms with Gasteiger partial charge in [-0.2, -0.15) is 0 Å². The Balaban J connectivity index is 1.87. The molecule has 0 unspecified atom stereocenters. The molecule has 3 rings (SSSR count). The molecule has 0 bridgehead atoms. The number of para-hydroxylation sites is 2. The normalized spacial score (nSPS) is 11.4. The number of halogens is 1. The molecule has 0 saturated carbocycles. The van der Waals surface area contributed by atoms with Crippen LogP contribution in [0.4, 0.5) is 5.69 Å². The summed E-state index contributed by atoms with van der Waals surface area (Å²) in [6.07, 6.45) is -1.10. The highest BCUT2D eigenvalue weighted by Gasteiger charge is 2.27. The van der Waals surface area contributed by atoms with Gasteiger partial charge in [0.25, 0.3) is 5.91 Å². The lowest BCUT2D eigenvalue weighted by molar-refractivity contribution is -0.125. The SMILES string of the molecule is CCOc1ccccc1NC(=O)[C@H](OC(=O)c1ccccc1I)c1ccccc1. The van der Waals surface area contributed by atoms with Crippen LogP contribution in [0.15, 0.2) is 78.9 Å². The standard InChI is InChI=1S/C23H20INO4/c1-2-28-20-15-9-8-14-19(20)25-22(26)21(16-10-4-3-5-11-16)29-23(27)17-12-6-7-13-18(17)24/h3-15,21H,2H2,1H3,(H,25,26)/t21-/m1/s1. The summed E-state index contributed by atoms with van der Waals surface area (Å²) < 4.78 is 12.0. The molecule has 148 valence electrons. The number of hydrogen-bond acceptors (Lipinski definition) is 4. The molecule has 0 heterocycles. The Morgan fingerprint density at radius 3 is 2.31 bits per heavy atom. The van der Waals surface area contributed by atoms with Crippen molar-refractivity contribution < 1.29 is 19.1 Å². The lowest BCUT2D eigenvalue weighted by Crippen LogP contribution is -2.26. The van der Waals surface area contributed by atoms with Crippen molar-refractivity contribution in [3.05, 3.63) is 93.6 Å². The molecule has 0 radical (unpaired) electrons. The molecule has 0 aliphatic heterocycles. The monoisotopic (exact) mass is 501 g/mol. The lowest BCUT2D eigenvalue weighted by atomic mass is 10.1. The minimum atomic E-state index is -1.10. The highest BCUT2D eigenvalue weighted by molar-refractivity contribution is 14.1. The van der Waals surface area contributed by atoms with Crippen molar-refractivity contribution in [3.8, 4) is 5.75 Å². The van der Waals surface area contributed by atoms with E-state index in [1.54, 1.807) is 54.6 Å². The molecule has 0 aliphatic rings. The number of esters is 1. The predicted molar refractivity (Wildman–Crippen MR) is 120 cm³/mol. The molecule has 6 heteroatoms. The summed E-state index contributed by atoms with van der Waals surface area (Å²) in [4.78, 5) is 25.8. The van der Waals surface area contributed by atoms with Crippen LogP contribution in [-0.4, -0.2) is 18.5 Å². The van der Waals surface area contributed by atoms with Crippen molar-refractivity contribution in [2.24, 2.45) is 0 Å². The third kappa shape index (κ3) is 5.35. The Hall–Kier alpha value is -2.87. The highest BCUT2D eigenvalue weighted by atomic mass is 127. The van der Waals surface area contributed by atoms with Gasteiger partial charge >= 0.3 is 5.97 Å². The van der Waals surface area contributed by atoms with Gasteiger partial charge in [0.05, 0.1) is 17.9 Å². The number of rotatable bonds is 7. The fraction of sp³-hybridized carbons (Fsp3) is 0.130. The van der Waals surface area contributed by atoms with Gasteiger partial charge in [0.2, 0.25) is 6.10 Å². The van der Waals surface area contributed by atoms with Crippen LogP contribution in [0, 0.1) is 3.57 Å². The maximum atomic E-state index is 13.1. The van der Waals surface area contributed by atoms with E-state index in [1.807, 2.05) is 31.2 Å². The molecule has 0 aromatic heterocycles. The van der Waals surface area contributed by atoms with Crippen molar-refractivity contribution in [1.82, 2.24) is 0 Å². The summed E-state index contributed by atoms with van der Waals surface area (Å²) in [5, 5.41) is 2.82. The smallest absolute Gasteiger partial charge is 0.340 e. The first-order valence-electron chi connectivity index (χ1n) is 9.13. The molecule has 1 atom stereocenters. The summed E-state index contributed by atoms with van der Waals surface area (Å²) in [5.74, 6) is -0.459. The predicted octanol–water partition coefficient (Wildman–Crippen LogP) is 5.23. The van der Waals surface area contributed by atoms with Gasteiger partial charge in [0, 0.05) is 9.13 Å². The van der Waals surface area contributed by atoms with Gasteiger partial charge in [-0.1, -0.05) is 54.6 Å². The minimum Gasteiger partial charge on any atom is -0.492 e. The minimum absolute atomic E-state index is 0.413. The maximum absolute atomic E-state index is 13.1. The zero-order valence-corrected chi connectivity index (χ0v) is 18.0. The largest absolute Gasteiger partial charge is 0.492 e. The summed E-state index contributed by atoms with van der Waals surface area (Å²) in [7, 11) is 0. The van der Waals surface area contributed by atoms with Gasteiger partial charge in [-0.3, -0.25) is 4.79 Å². The first kappa shape index (κ1) is 20.9. The summed E-state index contributed by atoms with van der Waals surface area (Å²) >= 11 is 2.07. The Bertz CT molecular complexity index is 991. The van der Waals surface area contributed by atoms with Crippen LogP contribution in [-0.2, 0) is 9.53 Å². The number of anilines is 1. The van der Waals surface area contributed by atoms with E-state index in [9.17, 15) is 9.59 Å². The van der Waals surface area contributed by atoms with Crippen LogP contribution in [0.1, 0.15) is 28.9 Å². The van der Waals surface area contributed by atoms with Gasteiger partial charge in [-0.25, -0.2) is 4.79 Å².